The number of hydrogen-bond donors (Lipinski definition) is 2. The molecular formula is C35H41ClFN3O6S. The predicted octanol–water partition coefficient (Wildman–Crippen LogP) is 6.58. The Bertz CT molecular complexity index is 1620. The van der Waals surface area contributed by atoms with Crippen LogP contribution in [0.3, 0.4) is 0 Å². The number of aliphatic carboxylic acids is 1. The van der Waals surface area contributed by atoms with E-state index in [9.17, 15) is 19.5 Å². The number of rotatable bonds is 12. The van der Waals surface area contributed by atoms with Gasteiger partial charge in [-0.15, -0.1) is 11.3 Å². The first-order valence-corrected chi connectivity index (χ1v) is 17.8. The van der Waals surface area contributed by atoms with Crippen LogP contribution in [0.1, 0.15) is 67.8 Å². The fourth-order valence-electron chi connectivity index (χ4n) is 7.27. The molecule has 0 bridgehead atoms. The number of fused-ring (bicyclic) bond motifs is 1. The fraction of sp³-hybridized carbons (Fsp3) is 0.514. The second kappa shape index (κ2) is 14.7. The Morgan fingerprint density at radius 3 is 2.51 bits per heavy atom. The quantitative estimate of drug-likeness (QED) is 0.220. The van der Waals surface area contributed by atoms with Gasteiger partial charge in [0.1, 0.15) is 5.82 Å². The third kappa shape index (κ3) is 7.11. The van der Waals surface area contributed by atoms with Crippen molar-refractivity contribution in [3.63, 3.8) is 0 Å². The number of nitrogens with one attached hydrogen (secondary N) is 1. The summed E-state index contributed by atoms with van der Waals surface area (Å²) in [6.45, 7) is 4.86. The molecule has 12 heteroatoms. The highest BCUT2D eigenvalue weighted by Crippen LogP contribution is 2.38. The molecule has 1 amide bonds. The van der Waals surface area contributed by atoms with Crippen LogP contribution in [0.5, 0.6) is 0 Å². The summed E-state index contributed by atoms with van der Waals surface area (Å²) in [5, 5.41) is 15.0. The van der Waals surface area contributed by atoms with Gasteiger partial charge in [-0.25, -0.2) is 4.39 Å². The van der Waals surface area contributed by atoms with Gasteiger partial charge in [0.25, 0.3) is 5.91 Å². The fourth-order valence-corrected chi connectivity index (χ4v) is 8.45. The number of ketones is 1. The summed E-state index contributed by atoms with van der Waals surface area (Å²) >= 11 is 8.07. The van der Waals surface area contributed by atoms with Gasteiger partial charge < -0.3 is 19.9 Å². The zero-order valence-electron chi connectivity index (χ0n) is 26.5. The van der Waals surface area contributed by atoms with Crippen molar-refractivity contribution in [1.29, 1.82) is 0 Å². The van der Waals surface area contributed by atoms with E-state index in [0.29, 0.717) is 64.0 Å². The van der Waals surface area contributed by atoms with Crippen molar-refractivity contribution < 1.29 is 33.4 Å². The van der Waals surface area contributed by atoms with Crippen LogP contribution in [0, 0.1) is 11.7 Å². The van der Waals surface area contributed by atoms with Crippen LogP contribution in [-0.2, 0) is 25.5 Å². The highest BCUT2D eigenvalue weighted by atomic mass is 35.5. The highest BCUT2D eigenvalue weighted by Gasteiger charge is 2.54. The summed E-state index contributed by atoms with van der Waals surface area (Å²) in [5.74, 6) is -4.03. The molecule has 0 radical (unpaired) electrons. The molecule has 2 aliphatic heterocycles. The summed E-state index contributed by atoms with van der Waals surface area (Å²) in [5.41, 5.74) is 0.709. The van der Waals surface area contributed by atoms with Crippen LogP contribution in [0.15, 0.2) is 41.8 Å². The molecule has 1 unspecified atom stereocenters. The van der Waals surface area contributed by atoms with Crippen LogP contribution in [-0.4, -0.2) is 83.4 Å². The lowest BCUT2D eigenvalue weighted by atomic mass is 9.87. The van der Waals surface area contributed by atoms with Gasteiger partial charge in [-0.2, -0.15) is 0 Å². The van der Waals surface area contributed by atoms with Crippen molar-refractivity contribution >= 4 is 56.4 Å². The van der Waals surface area contributed by atoms with E-state index in [4.69, 9.17) is 21.1 Å². The van der Waals surface area contributed by atoms with Crippen molar-refractivity contribution in [2.45, 2.75) is 76.3 Å². The number of carbonyl (C=O) groups excluding carboxylic acids is 2. The number of hydrogen-bond acceptors (Lipinski definition) is 8. The Morgan fingerprint density at radius 2 is 1.79 bits per heavy atom. The Balaban J connectivity index is 1.27. The molecule has 3 aliphatic rings. The lowest BCUT2D eigenvalue weighted by Crippen LogP contribution is -2.67. The molecule has 3 aromatic rings. The van der Waals surface area contributed by atoms with E-state index in [1.165, 1.54) is 23.5 Å². The summed E-state index contributed by atoms with van der Waals surface area (Å²) < 4.78 is 29.6. The summed E-state index contributed by atoms with van der Waals surface area (Å²) in [6, 6.07) is 10.1. The van der Waals surface area contributed by atoms with Gasteiger partial charge in [0.2, 0.25) is 5.85 Å². The van der Waals surface area contributed by atoms with E-state index >= 15 is 4.39 Å². The maximum absolute atomic E-state index is 15.8. The standard InChI is InChI=1S/C35H41ClFN3O6S/c1-2-45-25-13-16-40(20-25)35(39-14-5-6-15-39,46-24-11-9-22(10-12-24)34(43)44)32(41)18-23-17-28(36)30(19-29(23)37)38-33(42)27-21-47-31-8-4-3-7-26(27)31/h3-4,7-8,17,19,21-22,24-25H,2,5-6,9-16,18,20H2,1H3,(H,38,42)(H,43,44)/t22?,24?,25-,35?/m1/s1. The molecule has 0 spiro atoms. The molecule has 6 rings (SSSR count). The van der Waals surface area contributed by atoms with Crippen LogP contribution in [0.2, 0.25) is 5.02 Å². The number of amides is 1. The lowest BCUT2D eigenvalue weighted by Gasteiger charge is -2.48. The number of benzene rings is 2. The van der Waals surface area contributed by atoms with Crippen molar-refractivity contribution in [2.75, 3.05) is 38.1 Å². The number of anilines is 1. The Morgan fingerprint density at radius 1 is 1.04 bits per heavy atom. The summed E-state index contributed by atoms with van der Waals surface area (Å²) in [6.07, 6.45) is 3.89. The first-order valence-electron chi connectivity index (χ1n) is 16.5. The van der Waals surface area contributed by atoms with Gasteiger partial charge in [-0.05, 0) is 75.6 Å². The molecule has 2 atom stereocenters. The van der Waals surface area contributed by atoms with E-state index < -0.39 is 29.5 Å². The average Bonchev–Trinajstić information content (AvgIpc) is 3.85. The van der Waals surface area contributed by atoms with Crippen molar-refractivity contribution in [3.05, 3.63) is 63.7 Å². The molecule has 1 saturated carbocycles. The lowest BCUT2D eigenvalue weighted by molar-refractivity contribution is -0.253. The Kier molecular flexibility index (Phi) is 10.6. The van der Waals surface area contributed by atoms with Crippen molar-refractivity contribution in [3.8, 4) is 0 Å². The zero-order valence-corrected chi connectivity index (χ0v) is 28.1. The molecule has 1 aliphatic carbocycles. The van der Waals surface area contributed by atoms with E-state index in [1.54, 1.807) is 5.38 Å². The number of likely N-dealkylation sites (tertiary alicyclic amines) is 2. The van der Waals surface area contributed by atoms with Gasteiger partial charge in [0.05, 0.1) is 34.4 Å². The number of carbonyl (C=O) groups is 3. The van der Waals surface area contributed by atoms with Gasteiger partial charge in [0, 0.05) is 54.7 Å². The molecule has 1 aromatic heterocycles. The SMILES string of the molecule is CCO[C@@H]1CCN(C(OC2CCC(C(=O)O)CC2)(C(=O)Cc2cc(Cl)c(NC(=O)c3csc4ccccc34)cc2F)N2CCCC2)C1. The molecule has 3 heterocycles. The second-order valence-corrected chi connectivity index (χ2v) is 14.0. The predicted molar refractivity (Wildman–Crippen MR) is 180 cm³/mol. The number of halogens is 2. The number of nitrogens with zero attached hydrogens (tertiary/aromatic N) is 2. The highest BCUT2D eigenvalue weighted by molar-refractivity contribution is 7.17. The zero-order chi connectivity index (χ0) is 33.1. The molecule has 252 valence electrons. The van der Waals surface area contributed by atoms with Gasteiger partial charge >= 0.3 is 5.97 Å². The smallest absolute Gasteiger partial charge is 0.306 e. The minimum atomic E-state index is -1.45. The summed E-state index contributed by atoms with van der Waals surface area (Å²) in [4.78, 5) is 43.6. The van der Waals surface area contributed by atoms with Crippen LogP contribution in [0.25, 0.3) is 10.1 Å². The first kappa shape index (κ1) is 34.0. The number of ether oxygens (including phenoxy) is 2. The van der Waals surface area contributed by atoms with Gasteiger partial charge in [-0.1, -0.05) is 29.8 Å². The Hall–Kier alpha value is -2.93. The molecule has 47 heavy (non-hydrogen) atoms. The van der Waals surface area contributed by atoms with Gasteiger partial charge in [-0.3, -0.25) is 24.2 Å². The Labute approximate surface area is 283 Å². The van der Waals surface area contributed by atoms with E-state index in [1.807, 2.05) is 36.1 Å². The molecule has 2 aromatic carbocycles. The largest absolute Gasteiger partial charge is 0.481 e. The number of carboxylic acids is 1. The first-order chi connectivity index (χ1) is 22.7. The molecule has 9 nitrogen and oxygen atoms in total. The minimum absolute atomic E-state index is 0.0597. The number of thiophene rings is 1. The monoisotopic (exact) mass is 685 g/mol. The normalized spacial score (nSPS) is 23.6. The van der Waals surface area contributed by atoms with E-state index in [2.05, 4.69) is 10.2 Å². The van der Waals surface area contributed by atoms with E-state index in [0.717, 1.165) is 29.3 Å². The second-order valence-electron chi connectivity index (χ2n) is 12.7. The van der Waals surface area contributed by atoms with E-state index in [-0.39, 0.29) is 40.7 Å². The number of carboxylic acid groups (broad SMARTS) is 1. The van der Waals surface area contributed by atoms with Crippen molar-refractivity contribution in [1.82, 2.24) is 9.80 Å². The molecule has 3 fully saturated rings. The third-order valence-corrected chi connectivity index (χ3v) is 11.0. The average molecular weight is 686 g/mol. The molecule has 2 N–H and O–H groups in total. The molecular weight excluding hydrogens is 645 g/mol. The van der Waals surface area contributed by atoms with Crippen LogP contribution in [0.4, 0.5) is 10.1 Å². The summed E-state index contributed by atoms with van der Waals surface area (Å²) in [7, 11) is 0. The molecule has 2 saturated heterocycles. The number of Topliss-reactive ketones (excluding diaryl/α,β-unsaturated/α-hetero) is 1. The topological polar surface area (TPSA) is 108 Å². The minimum Gasteiger partial charge on any atom is -0.481 e. The maximum Gasteiger partial charge on any atom is 0.306 e. The third-order valence-electron chi connectivity index (χ3n) is 9.69. The van der Waals surface area contributed by atoms with Crippen LogP contribution < -0.4 is 5.32 Å². The van der Waals surface area contributed by atoms with Crippen LogP contribution >= 0.6 is 22.9 Å². The van der Waals surface area contributed by atoms with Crippen molar-refractivity contribution in [2.24, 2.45) is 5.92 Å². The maximum atomic E-state index is 15.8. The van der Waals surface area contributed by atoms with Gasteiger partial charge in [0.15, 0.2) is 5.78 Å².